The molecule has 1 aromatic rings. The lowest BCUT2D eigenvalue weighted by Crippen LogP contribution is -2.65. The van der Waals surface area contributed by atoms with Gasteiger partial charge >= 0.3 is 5.97 Å². The molecule has 8 N–H and O–H groups in total. The highest BCUT2D eigenvalue weighted by Gasteiger charge is 2.51. The van der Waals surface area contributed by atoms with E-state index in [0.717, 1.165) is 13.3 Å². The Morgan fingerprint density at radius 3 is 2.21 bits per heavy atom. The van der Waals surface area contributed by atoms with Crippen molar-refractivity contribution in [2.45, 2.75) is 75.0 Å². The van der Waals surface area contributed by atoms with Crippen LogP contribution < -0.4 is 16.4 Å². The van der Waals surface area contributed by atoms with Crippen LogP contribution in [0.5, 0.6) is 0 Å². The number of nitrogens with two attached hydrogens (primary N) is 1. The third kappa shape index (κ3) is 9.04. The first-order chi connectivity index (χ1) is 19.8. The lowest BCUT2D eigenvalue weighted by Gasteiger charge is -2.40. The summed E-state index contributed by atoms with van der Waals surface area (Å²) in [6.45, 7) is 0.469. The number of piperidine rings is 1. The van der Waals surface area contributed by atoms with Crippen molar-refractivity contribution in [2.75, 3.05) is 19.7 Å². The smallest absolute Gasteiger partial charge is 0.303 e. The fourth-order valence-corrected chi connectivity index (χ4v) is 4.42. The van der Waals surface area contributed by atoms with E-state index < -0.39 is 85.0 Å². The highest BCUT2D eigenvalue weighted by Crippen LogP contribution is 2.25. The number of ether oxygens (including phenoxy) is 1. The van der Waals surface area contributed by atoms with Gasteiger partial charge in [0.05, 0.1) is 6.61 Å². The summed E-state index contributed by atoms with van der Waals surface area (Å²) in [6, 6.07) is 4.34. The average molecular weight is 595 g/mol. The summed E-state index contributed by atoms with van der Waals surface area (Å²) >= 11 is 0. The minimum absolute atomic E-state index is 0.118. The minimum atomic E-state index is -2.59. The highest BCUT2D eigenvalue weighted by molar-refractivity contribution is 6.09. The van der Waals surface area contributed by atoms with Crippen LogP contribution >= 0.6 is 0 Å². The number of primary amides is 1. The van der Waals surface area contributed by atoms with E-state index in [4.69, 9.17) is 15.6 Å². The third-order valence-corrected chi connectivity index (χ3v) is 6.90. The van der Waals surface area contributed by atoms with Gasteiger partial charge in [0.15, 0.2) is 0 Å². The Kier molecular flexibility index (Phi) is 13.0. The van der Waals surface area contributed by atoms with Crippen LogP contribution in [0.25, 0.3) is 0 Å². The van der Waals surface area contributed by atoms with Crippen LogP contribution in [0.15, 0.2) is 30.3 Å². The van der Waals surface area contributed by atoms with Gasteiger partial charge in [-0.2, -0.15) is 0 Å². The molecule has 15 nitrogen and oxygen atoms in total. The maximum Gasteiger partial charge on any atom is 0.303 e. The number of nitrogens with one attached hydrogen (secondary N) is 2. The number of carbonyl (C=O) groups excluding carboxylic acids is 5. The average Bonchev–Trinajstić information content (AvgIpc) is 2.99. The predicted octanol–water partition coefficient (Wildman–Crippen LogP) is -2.31. The molecule has 0 radical (unpaired) electrons. The Balaban J connectivity index is 2.52. The zero-order valence-corrected chi connectivity index (χ0v) is 23.2. The number of aliphatic hydroxyl groups is 3. The monoisotopic (exact) mass is 594 g/mol. The molecule has 6 atom stereocenters. The van der Waals surface area contributed by atoms with Gasteiger partial charge in [-0.1, -0.05) is 18.2 Å². The number of carboxylic acids is 1. The molecule has 0 bridgehead atoms. The van der Waals surface area contributed by atoms with Crippen LogP contribution in [0.3, 0.4) is 0 Å². The van der Waals surface area contributed by atoms with Crippen molar-refractivity contribution in [2.24, 2.45) is 5.73 Å². The summed E-state index contributed by atoms with van der Waals surface area (Å²) in [5, 5.41) is 44.1. The van der Waals surface area contributed by atoms with Gasteiger partial charge in [0, 0.05) is 25.1 Å². The van der Waals surface area contributed by atoms with E-state index >= 15 is 0 Å². The summed E-state index contributed by atoms with van der Waals surface area (Å²) in [5.74, 6) is -5.32. The number of carbonyl (C=O) groups is 6. The van der Waals surface area contributed by atoms with Crippen LogP contribution in [-0.4, -0.2) is 117 Å². The van der Waals surface area contributed by atoms with Crippen molar-refractivity contribution in [3.05, 3.63) is 35.9 Å². The second-order valence-corrected chi connectivity index (χ2v) is 10.1. The molecule has 0 aliphatic carbocycles. The standard InChI is InChI=1S/C27H38N4O11/c1-27(26(41)31-12-6-3-7-13-31,25(40)30-17(23(28)38)10-11-20(35)36)42-22(21(37)19(34)15-33)18(14-32)29-24(39)16-8-4-2-5-9-16/h2,4-5,8-9,14,17-19,21-22,33-34,37H,3,6-7,10-13,15H2,1H3,(H2,28,38)(H,29,39)(H,30,40)(H,35,36)/t17?,18-,19+,21+,22+,27?/m0/s1. The molecule has 1 saturated heterocycles. The maximum absolute atomic E-state index is 13.8. The molecule has 232 valence electrons. The quantitative estimate of drug-likeness (QED) is 0.0791. The molecule has 15 heteroatoms. The van der Waals surface area contributed by atoms with E-state index in [0.29, 0.717) is 12.8 Å². The molecule has 42 heavy (non-hydrogen) atoms. The van der Waals surface area contributed by atoms with Crippen molar-refractivity contribution in [1.82, 2.24) is 15.5 Å². The van der Waals surface area contributed by atoms with E-state index in [-0.39, 0.29) is 24.9 Å². The molecule has 1 heterocycles. The molecular weight excluding hydrogens is 556 g/mol. The molecule has 1 aliphatic heterocycles. The van der Waals surface area contributed by atoms with Crippen molar-refractivity contribution >= 4 is 35.9 Å². The summed E-state index contributed by atoms with van der Waals surface area (Å²) in [6.07, 6.45) is -4.79. The normalized spacial score (nSPS) is 18.3. The van der Waals surface area contributed by atoms with Crippen molar-refractivity contribution in [1.29, 1.82) is 0 Å². The van der Waals surface area contributed by atoms with E-state index in [1.807, 2.05) is 0 Å². The van der Waals surface area contributed by atoms with Gasteiger partial charge in [0.2, 0.25) is 11.5 Å². The molecule has 1 aliphatic rings. The molecule has 2 rings (SSSR count). The number of hydrogen-bond acceptors (Lipinski definition) is 10. The molecule has 1 aromatic carbocycles. The Morgan fingerprint density at radius 1 is 1.07 bits per heavy atom. The molecule has 0 aromatic heterocycles. The fourth-order valence-electron chi connectivity index (χ4n) is 4.42. The van der Waals surface area contributed by atoms with Crippen molar-refractivity contribution in [3.8, 4) is 0 Å². The van der Waals surface area contributed by atoms with E-state index in [1.165, 1.54) is 17.0 Å². The Bertz CT molecular complexity index is 1110. The van der Waals surface area contributed by atoms with Crippen LogP contribution in [-0.2, 0) is 28.7 Å². The zero-order valence-electron chi connectivity index (χ0n) is 23.2. The van der Waals surface area contributed by atoms with Gasteiger partial charge in [-0.3, -0.25) is 24.0 Å². The first-order valence-electron chi connectivity index (χ1n) is 13.4. The number of carboxylic acid groups (broad SMARTS) is 1. The molecular formula is C27H38N4O11. The van der Waals surface area contributed by atoms with Crippen molar-refractivity contribution in [3.63, 3.8) is 0 Å². The Morgan fingerprint density at radius 2 is 1.69 bits per heavy atom. The first-order valence-corrected chi connectivity index (χ1v) is 13.4. The number of likely N-dealkylation sites (tertiary alicyclic amines) is 1. The van der Waals surface area contributed by atoms with E-state index in [1.54, 1.807) is 18.2 Å². The number of aldehydes is 1. The van der Waals surface area contributed by atoms with Gasteiger partial charge in [0.1, 0.15) is 36.7 Å². The fraction of sp³-hybridized carbons (Fsp3) is 0.556. The van der Waals surface area contributed by atoms with Gasteiger partial charge in [-0.15, -0.1) is 0 Å². The molecule has 1 fully saturated rings. The van der Waals surface area contributed by atoms with Gasteiger partial charge in [-0.25, -0.2) is 0 Å². The van der Waals surface area contributed by atoms with E-state index in [2.05, 4.69) is 10.6 Å². The van der Waals surface area contributed by atoms with Crippen LogP contribution in [0.1, 0.15) is 49.4 Å². The predicted molar refractivity (Wildman–Crippen MR) is 145 cm³/mol. The first kappa shape index (κ1) is 34.3. The van der Waals surface area contributed by atoms with Gasteiger partial charge < -0.3 is 51.2 Å². The lowest BCUT2D eigenvalue weighted by molar-refractivity contribution is -0.192. The van der Waals surface area contributed by atoms with Gasteiger partial charge in [0.25, 0.3) is 17.7 Å². The second kappa shape index (κ2) is 15.9. The number of aliphatic carboxylic acids is 1. The van der Waals surface area contributed by atoms with Gasteiger partial charge in [-0.05, 0) is 44.7 Å². The number of aliphatic hydroxyl groups excluding tert-OH is 3. The van der Waals surface area contributed by atoms with Crippen LogP contribution in [0, 0.1) is 0 Å². The summed E-state index contributed by atoms with van der Waals surface area (Å²) in [5.41, 5.74) is 2.87. The maximum atomic E-state index is 13.8. The zero-order chi connectivity index (χ0) is 31.4. The number of benzene rings is 1. The number of rotatable bonds is 16. The molecule has 0 saturated carbocycles. The largest absolute Gasteiger partial charge is 0.481 e. The van der Waals surface area contributed by atoms with Crippen LogP contribution in [0.4, 0.5) is 0 Å². The Labute approximate surface area is 242 Å². The molecule has 4 amide bonds. The number of hydrogen-bond donors (Lipinski definition) is 7. The Hall–Kier alpha value is -3.92. The van der Waals surface area contributed by atoms with Crippen molar-refractivity contribution < 1.29 is 53.9 Å². The highest BCUT2D eigenvalue weighted by atomic mass is 16.5. The summed E-state index contributed by atoms with van der Waals surface area (Å²) < 4.78 is 5.86. The third-order valence-electron chi connectivity index (χ3n) is 6.90. The minimum Gasteiger partial charge on any atom is -0.481 e. The molecule has 2 unspecified atom stereocenters. The lowest BCUT2D eigenvalue weighted by atomic mass is 9.96. The number of nitrogens with zero attached hydrogens (tertiary/aromatic N) is 1. The number of amides is 4. The van der Waals surface area contributed by atoms with E-state index in [9.17, 15) is 44.1 Å². The summed E-state index contributed by atoms with van der Waals surface area (Å²) in [4.78, 5) is 76.8. The summed E-state index contributed by atoms with van der Waals surface area (Å²) in [7, 11) is 0. The topological polar surface area (TPSA) is 246 Å². The molecule has 0 spiro atoms. The SMILES string of the molecule is CC(O[C@@H]([C@H](O)[C@H](O)CO)[C@H](C=O)NC(=O)c1ccccc1)(C(=O)NC(CCC(=O)O)C(N)=O)C(=O)N1CCCCC1. The van der Waals surface area contributed by atoms with Crippen LogP contribution in [0.2, 0.25) is 0 Å². The second-order valence-electron chi connectivity index (χ2n) is 10.1.